The zero-order valence-electron chi connectivity index (χ0n) is 12.4. The van der Waals surface area contributed by atoms with Crippen LogP contribution in [0.2, 0.25) is 0 Å². The molecular formula is C17H16F3NO2. The number of hydrogen-bond acceptors (Lipinski definition) is 2. The number of nitrogens with one attached hydrogen (secondary N) is 1. The van der Waals surface area contributed by atoms with E-state index in [1.807, 2.05) is 0 Å². The summed E-state index contributed by atoms with van der Waals surface area (Å²) in [6.45, 7) is 1.60. The Kier molecular flexibility index (Phi) is 5.05. The number of aryl methyl sites for hydroxylation is 1. The number of halogens is 3. The van der Waals surface area contributed by atoms with E-state index in [-0.39, 0.29) is 18.0 Å². The van der Waals surface area contributed by atoms with Crippen LogP contribution in [0.15, 0.2) is 48.5 Å². The Balaban J connectivity index is 2.04. The second kappa shape index (κ2) is 6.83. The van der Waals surface area contributed by atoms with Gasteiger partial charge in [-0.2, -0.15) is 13.2 Å². The number of aliphatic hydroxyl groups excluding tert-OH is 1. The molecule has 2 N–H and O–H groups in total. The smallest absolute Gasteiger partial charge is 0.387 e. The second-order valence-corrected chi connectivity index (χ2v) is 5.16. The van der Waals surface area contributed by atoms with Crippen LogP contribution in [0.3, 0.4) is 0 Å². The van der Waals surface area contributed by atoms with Crippen LogP contribution in [0.25, 0.3) is 0 Å². The number of aliphatic hydroxyl groups is 1. The van der Waals surface area contributed by atoms with Crippen molar-refractivity contribution in [3.8, 4) is 0 Å². The van der Waals surface area contributed by atoms with E-state index in [2.05, 4.69) is 5.32 Å². The molecule has 0 saturated heterocycles. The van der Waals surface area contributed by atoms with Gasteiger partial charge in [-0.05, 0) is 36.2 Å². The molecule has 0 radical (unpaired) electrons. The third-order valence-corrected chi connectivity index (χ3v) is 3.44. The van der Waals surface area contributed by atoms with Crippen LogP contribution in [-0.4, -0.2) is 17.6 Å². The first-order valence-corrected chi connectivity index (χ1v) is 6.98. The summed E-state index contributed by atoms with van der Waals surface area (Å²) in [5.41, 5.74) is 0.506. The van der Waals surface area contributed by atoms with Crippen LogP contribution in [0.1, 0.15) is 33.2 Å². The molecule has 6 heteroatoms. The van der Waals surface area contributed by atoms with Crippen molar-refractivity contribution in [2.45, 2.75) is 19.2 Å². The standard InChI is InChI=1S/C17H16F3NO2/c1-11-5-2-3-8-14(11)16(23)21-10-15(22)12-6-4-7-13(9-12)17(18,19)20/h2-9,15,22H,10H2,1H3,(H,21,23)/t15-/m0/s1. The first kappa shape index (κ1) is 17.0. The van der Waals surface area contributed by atoms with E-state index in [1.54, 1.807) is 31.2 Å². The predicted octanol–water partition coefficient (Wildman–Crippen LogP) is 3.48. The molecule has 0 aromatic heterocycles. The van der Waals surface area contributed by atoms with Crippen LogP contribution in [0.4, 0.5) is 13.2 Å². The maximum atomic E-state index is 12.7. The third-order valence-electron chi connectivity index (χ3n) is 3.44. The molecule has 3 nitrogen and oxygen atoms in total. The summed E-state index contributed by atoms with van der Waals surface area (Å²) in [5.74, 6) is -0.380. The molecule has 2 rings (SSSR count). The molecular weight excluding hydrogens is 307 g/mol. The predicted molar refractivity (Wildman–Crippen MR) is 79.9 cm³/mol. The quantitative estimate of drug-likeness (QED) is 0.905. The molecule has 2 aromatic carbocycles. The van der Waals surface area contributed by atoms with Crippen LogP contribution in [-0.2, 0) is 6.18 Å². The second-order valence-electron chi connectivity index (χ2n) is 5.16. The molecule has 0 saturated carbocycles. The highest BCUT2D eigenvalue weighted by atomic mass is 19.4. The van der Waals surface area contributed by atoms with Gasteiger partial charge >= 0.3 is 6.18 Å². The zero-order valence-corrected chi connectivity index (χ0v) is 12.4. The lowest BCUT2D eigenvalue weighted by Gasteiger charge is -2.15. The monoisotopic (exact) mass is 323 g/mol. The number of benzene rings is 2. The number of carbonyl (C=O) groups is 1. The summed E-state index contributed by atoms with van der Waals surface area (Å²) in [5, 5.41) is 12.5. The van der Waals surface area contributed by atoms with Crippen LogP contribution in [0.5, 0.6) is 0 Å². The molecule has 23 heavy (non-hydrogen) atoms. The first-order chi connectivity index (χ1) is 10.8. The van der Waals surface area contributed by atoms with Crippen LogP contribution >= 0.6 is 0 Å². The molecule has 0 spiro atoms. The van der Waals surface area contributed by atoms with E-state index in [9.17, 15) is 23.1 Å². The highest BCUT2D eigenvalue weighted by Gasteiger charge is 2.30. The fourth-order valence-corrected chi connectivity index (χ4v) is 2.15. The van der Waals surface area contributed by atoms with Gasteiger partial charge < -0.3 is 10.4 Å². The van der Waals surface area contributed by atoms with Gasteiger partial charge in [-0.3, -0.25) is 4.79 Å². The number of rotatable bonds is 4. The Labute approximate surface area is 131 Å². The van der Waals surface area contributed by atoms with E-state index in [1.165, 1.54) is 12.1 Å². The summed E-state index contributed by atoms with van der Waals surface area (Å²) in [7, 11) is 0. The molecule has 0 bridgehead atoms. The average Bonchev–Trinajstić information content (AvgIpc) is 2.52. The molecule has 122 valence electrons. The lowest BCUT2D eigenvalue weighted by Crippen LogP contribution is -2.29. The highest BCUT2D eigenvalue weighted by Crippen LogP contribution is 2.30. The van der Waals surface area contributed by atoms with Crippen molar-refractivity contribution < 1.29 is 23.1 Å². The van der Waals surface area contributed by atoms with Crippen molar-refractivity contribution in [1.82, 2.24) is 5.32 Å². The van der Waals surface area contributed by atoms with Gasteiger partial charge in [-0.1, -0.05) is 30.3 Å². The van der Waals surface area contributed by atoms with Gasteiger partial charge in [-0.15, -0.1) is 0 Å². The number of carbonyl (C=O) groups excluding carboxylic acids is 1. The minimum Gasteiger partial charge on any atom is -0.387 e. The largest absolute Gasteiger partial charge is 0.416 e. The average molecular weight is 323 g/mol. The van der Waals surface area contributed by atoms with Gasteiger partial charge in [0.2, 0.25) is 0 Å². The van der Waals surface area contributed by atoms with Crippen molar-refractivity contribution in [2.75, 3.05) is 6.54 Å². The summed E-state index contributed by atoms with van der Waals surface area (Å²) in [6, 6.07) is 11.4. The zero-order chi connectivity index (χ0) is 17.0. The molecule has 0 fully saturated rings. The molecule has 1 atom stereocenters. The van der Waals surface area contributed by atoms with Crippen molar-refractivity contribution in [3.63, 3.8) is 0 Å². The van der Waals surface area contributed by atoms with Crippen LogP contribution in [0, 0.1) is 6.92 Å². The lowest BCUT2D eigenvalue weighted by molar-refractivity contribution is -0.137. The Morgan fingerprint density at radius 2 is 1.87 bits per heavy atom. The normalized spacial score (nSPS) is 12.7. The molecule has 1 amide bonds. The SMILES string of the molecule is Cc1ccccc1C(=O)NC[C@H](O)c1cccc(C(F)(F)F)c1. The molecule has 0 aliphatic rings. The van der Waals surface area contributed by atoms with E-state index in [0.717, 1.165) is 17.7 Å². The van der Waals surface area contributed by atoms with Gasteiger partial charge in [-0.25, -0.2) is 0 Å². The molecule has 0 unspecified atom stereocenters. The summed E-state index contributed by atoms with van der Waals surface area (Å²) in [6.07, 6.45) is -5.69. The summed E-state index contributed by atoms with van der Waals surface area (Å²) < 4.78 is 38.0. The Hall–Kier alpha value is -2.34. The Bertz CT molecular complexity index is 698. The maximum Gasteiger partial charge on any atom is 0.416 e. The first-order valence-electron chi connectivity index (χ1n) is 6.98. The molecule has 0 aliphatic heterocycles. The molecule has 2 aromatic rings. The van der Waals surface area contributed by atoms with Gasteiger partial charge in [0.15, 0.2) is 0 Å². The Morgan fingerprint density at radius 1 is 1.17 bits per heavy atom. The molecule has 0 heterocycles. The Morgan fingerprint density at radius 3 is 2.52 bits per heavy atom. The highest BCUT2D eigenvalue weighted by molar-refractivity contribution is 5.95. The maximum absolute atomic E-state index is 12.7. The van der Waals surface area contributed by atoms with Gasteiger partial charge in [0.05, 0.1) is 11.7 Å². The van der Waals surface area contributed by atoms with E-state index < -0.39 is 17.8 Å². The topological polar surface area (TPSA) is 49.3 Å². The van der Waals surface area contributed by atoms with E-state index >= 15 is 0 Å². The summed E-state index contributed by atoms with van der Waals surface area (Å²) in [4.78, 5) is 12.0. The van der Waals surface area contributed by atoms with Crippen molar-refractivity contribution in [2.24, 2.45) is 0 Å². The van der Waals surface area contributed by atoms with Gasteiger partial charge in [0.25, 0.3) is 5.91 Å². The minimum absolute atomic E-state index is 0.102. The van der Waals surface area contributed by atoms with Gasteiger partial charge in [0.1, 0.15) is 0 Å². The summed E-state index contributed by atoms with van der Waals surface area (Å²) >= 11 is 0. The minimum atomic E-state index is -4.47. The van der Waals surface area contributed by atoms with Crippen molar-refractivity contribution >= 4 is 5.91 Å². The van der Waals surface area contributed by atoms with Crippen LogP contribution < -0.4 is 5.32 Å². The van der Waals surface area contributed by atoms with Gasteiger partial charge in [0, 0.05) is 12.1 Å². The van der Waals surface area contributed by atoms with Crippen molar-refractivity contribution in [3.05, 3.63) is 70.8 Å². The number of amides is 1. The fourth-order valence-electron chi connectivity index (χ4n) is 2.15. The molecule has 0 aliphatic carbocycles. The number of hydrogen-bond donors (Lipinski definition) is 2. The van der Waals surface area contributed by atoms with Crippen molar-refractivity contribution in [1.29, 1.82) is 0 Å². The van der Waals surface area contributed by atoms with E-state index in [0.29, 0.717) is 5.56 Å². The van der Waals surface area contributed by atoms with E-state index in [4.69, 9.17) is 0 Å². The third kappa shape index (κ3) is 4.32. The fraction of sp³-hybridized carbons (Fsp3) is 0.235. The number of alkyl halides is 3. The lowest BCUT2D eigenvalue weighted by atomic mass is 10.0.